The van der Waals surface area contributed by atoms with E-state index in [1.807, 2.05) is 0 Å². The van der Waals surface area contributed by atoms with Gasteiger partial charge in [-0.1, -0.05) is 11.6 Å². The van der Waals surface area contributed by atoms with Crippen molar-refractivity contribution in [3.63, 3.8) is 0 Å². The minimum atomic E-state index is -0.353. The second-order valence-electron chi connectivity index (χ2n) is 3.59. The summed E-state index contributed by atoms with van der Waals surface area (Å²) in [7, 11) is 0. The SMILES string of the molecule is CC(=O)Nc1ccc(Cl)c(NC(C#N)=C(C#N)C#N)c1. The molecule has 0 saturated carbocycles. The molecule has 0 aliphatic carbocycles. The summed E-state index contributed by atoms with van der Waals surface area (Å²) in [5.74, 6) is -0.260. The molecule has 0 fully saturated rings. The highest BCUT2D eigenvalue weighted by Gasteiger charge is 2.09. The number of hydrogen-bond donors (Lipinski definition) is 2. The molecular weight excluding hydrogens is 278 g/mol. The monoisotopic (exact) mass is 285 g/mol. The van der Waals surface area contributed by atoms with Gasteiger partial charge in [-0.2, -0.15) is 15.8 Å². The maximum atomic E-state index is 11.0. The zero-order valence-corrected chi connectivity index (χ0v) is 11.1. The van der Waals surface area contributed by atoms with Crippen molar-refractivity contribution in [1.29, 1.82) is 15.8 Å². The van der Waals surface area contributed by atoms with Crippen LogP contribution in [0.4, 0.5) is 11.4 Å². The summed E-state index contributed by atoms with van der Waals surface area (Å²) in [4.78, 5) is 11.0. The number of nitrogens with one attached hydrogen (secondary N) is 2. The predicted molar refractivity (Wildman–Crippen MR) is 73.2 cm³/mol. The number of nitrogens with zero attached hydrogens (tertiary/aromatic N) is 3. The molecule has 1 aromatic carbocycles. The lowest BCUT2D eigenvalue weighted by Crippen LogP contribution is -2.07. The van der Waals surface area contributed by atoms with Gasteiger partial charge in [-0.05, 0) is 18.2 Å². The van der Waals surface area contributed by atoms with Crippen LogP contribution in [0.15, 0.2) is 29.5 Å². The highest BCUT2D eigenvalue weighted by molar-refractivity contribution is 6.33. The van der Waals surface area contributed by atoms with E-state index in [4.69, 9.17) is 27.4 Å². The molecule has 0 unspecified atom stereocenters. The largest absolute Gasteiger partial charge is 0.344 e. The van der Waals surface area contributed by atoms with Crippen LogP contribution >= 0.6 is 11.6 Å². The van der Waals surface area contributed by atoms with E-state index in [0.29, 0.717) is 11.4 Å². The topological polar surface area (TPSA) is 112 Å². The first-order valence-electron chi connectivity index (χ1n) is 5.30. The molecule has 0 aromatic heterocycles. The van der Waals surface area contributed by atoms with Crippen molar-refractivity contribution in [3.05, 3.63) is 34.5 Å². The Balaban J connectivity index is 3.19. The van der Waals surface area contributed by atoms with Gasteiger partial charge < -0.3 is 10.6 Å². The first-order valence-corrected chi connectivity index (χ1v) is 5.68. The van der Waals surface area contributed by atoms with Crippen LogP contribution in [-0.2, 0) is 4.79 Å². The smallest absolute Gasteiger partial charge is 0.221 e. The average Bonchev–Trinajstić information content (AvgIpc) is 2.41. The zero-order chi connectivity index (χ0) is 15.1. The Kier molecular flexibility index (Phi) is 5.12. The van der Waals surface area contributed by atoms with E-state index in [9.17, 15) is 4.79 Å². The number of hydrogen-bond acceptors (Lipinski definition) is 5. The second kappa shape index (κ2) is 6.80. The fourth-order valence-electron chi connectivity index (χ4n) is 1.32. The van der Waals surface area contributed by atoms with Gasteiger partial charge >= 0.3 is 0 Å². The van der Waals surface area contributed by atoms with Gasteiger partial charge in [0.1, 0.15) is 23.9 Å². The Hall–Kier alpha value is -3.01. The van der Waals surface area contributed by atoms with Gasteiger partial charge in [0, 0.05) is 12.6 Å². The maximum Gasteiger partial charge on any atom is 0.221 e. The van der Waals surface area contributed by atoms with E-state index in [0.717, 1.165) is 0 Å². The molecule has 0 atom stereocenters. The van der Waals surface area contributed by atoms with E-state index in [1.165, 1.54) is 19.1 Å². The van der Waals surface area contributed by atoms with Crippen molar-refractivity contribution < 1.29 is 4.79 Å². The number of amides is 1. The van der Waals surface area contributed by atoms with Crippen molar-refractivity contribution in [2.75, 3.05) is 10.6 Å². The Morgan fingerprint density at radius 2 is 1.80 bits per heavy atom. The standard InChI is InChI=1S/C13H8ClN5O/c1-8(20)18-10-2-3-11(14)12(4-10)19-13(7-17)9(5-15)6-16/h2-4,19H,1H3,(H,18,20). The van der Waals surface area contributed by atoms with E-state index in [1.54, 1.807) is 24.3 Å². The molecule has 1 amide bonds. The first-order chi connectivity index (χ1) is 9.51. The van der Waals surface area contributed by atoms with E-state index in [-0.39, 0.29) is 22.2 Å². The lowest BCUT2D eigenvalue weighted by Gasteiger charge is -2.09. The molecule has 0 radical (unpaired) electrons. The van der Waals surface area contributed by atoms with Crippen LogP contribution in [0.3, 0.4) is 0 Å². The number of carbonyl (C=O) groups excluding carboxylic acids is 1. The van der Waals surface area contributed by atoms with Crippen molar-refractivity contribution in [2.45, 2.75) is 6.92 Å². The number of nitriles is 3. The molecule has 7 heteroatoms. The first kappa shape index (κ1) is 15.0. The number of benzene rings is 1. The molecule has 0 bridgehead atoms. The lowest BCUT2D eigenvalue weighted by atomic mass is 10.2. The van der Waals surface area contributed by atoms with E-state index in [2.05, 4.69) is 10.6 Å². The van der Waals surface area contributed by atoms with Crippen LogP contribution in [-0.4, -0.2) is 5.91 Å². The van der Waals surface area contributed by atoms with Crippen LogP contribution in [0.1, 0.15) is 6.92 Å². The Morgan fingerprint density at radius 1 is 1.15 bits per heavy atom. The fraction of sp³-hybridized carbons (Fsp3) is 0.0769. The molecule has 2 N–H and O–H groups in total. The van der Waals surface area contributed by atoms with Gasteiger partial charge in [0.15, 0.2) is 5.57 Å². The summed E-state index contributed by atoms with van der Waals surface area (Å²) in [6, 6.07) is 9.53. The summed E-state index contributed by atoms with van der Waals surface area (Å²) in [5.41, 5.74) is 0.208. The zero-order valence-electron chi connectivity index (χ0n) is 10.4. The van der Waals surface area contributed by atoms with Crippen LogP contribution in [0.2, 0.25) is 5.02 Å². The van der Waals surface area contributed by atoms with Crippen LogP contribution < -0.4 is 10.6 Å². The Labute approximate surface area is 120 Å². The number of rotatable bonds is 3. The van der Waals surface area contributed by atoms with Crippen molar-refractivity contribution in [3.8, 4) is 18.2 Å². The van der Waals surface area contributed by atoms with E-state index >= 15 is 0 Å². The van der Waals surface area contributed by atoms with Crippen molar-refractivity contribution in [2.24, 2.45) is 0 Å². The van der Waals surface area contributed by atoms with Crippen LogP contribution in [0.5, 0.6) is 0 Å². The molecule has 0 spiro atoms. The second-order valence-corrected chi connectivity index (χ2v) is 3.99. The minimum absolute atomic E-state index is 0.211. The predicted octanol–water partition coefficient (Wildman–Crippen LogP) is 2.54. The summed E-state index contributed by atoms with van der Waals surface area (Å²) in [6.45, 7) is 1.35. The fourth-order valence-corrected chi connectivity index (χ4v) is 1.48. The van der Waals surface area contributed by atoms with Crippen LogP contribution in [0, 0.1) is 34.0 Å². The third-order valence-corrected chi connectivity index (χ3v) is 2.46. The number of halogens is 1. The summed E-state index contributed by atoms with van der Waals surface area (Å²) in [6.07, 6.45) is 0. The normalized spacial score (nSPS) is 8.55. The molecule has 0 heterocycles. The van der Waals surface area contributed by atoms with Gasteiger partial charge in [0.25, 0.3) is 0 Å². The molecule has 6 nitrogen and oxygen atoms in total. The molecular formula is C13H8ClN5O. The summed E-state index contributed by atoms with van der Waals surface area (Å²) >= 11 is 5.95. The van der Waals surface area contributed by atoms with Gasteiger partial charge in [-0.25, -0.2) is 0 Å². The highest BCUT2D eigenvalue weighted by Crippen LogP contribution is 2.27. The molecule has 0 aliphatic heterocycles. The minimum Gasteiger partial charge on any atom is -0.344 e. The molecule has 0 aliphatic rings. The van der Waals surface area contributed by atoms with Gasteiger partial charge in [-0.15, -0.1) is 0 Å². The van der Waals surface area contributed by atoms with Crippen molar-refractivity contribution >= 4 is 28.9 Å². The van der Waals surface area contributed by atoms with Gasteiger partial charge in [0.2, 0.25) is 5.91 Å². The number of allylic oxidation sites excluding steroid dienone is 2. The third kappa shape index (κ3) is 3.74. The molecule has 0 saturated heterocycles. The van der Waals surface area contributed by atoms with Gasteiger partial charge in [-0.3, -0.25) is 4.79 Å². The number of carbonyl (C=O) groups is 1. The lowest BCUT2D eigenvalue weighted by molar-refractivity contribution is -0.114. The van der Waals surface area contributed by atoms with Crippen LogP contribution in [0.25, 0.3) is 0 Å². The average molecular weight is 286 g/mol. The van der Waals surface area contributed by atoms with E-state index < -0.39 is 0 Å². The number of anilines is 2. The van der Waals surface area contributed by atoms with Gasteiger partial charge in [0.05, 0.1) is 10.7 Å². The molecule has 20 heavy (non-hydrogen) atoms. The Bertz CT molecular complexity index is 687. The maximum absolute atomic E-state index is 11.0. The van der Waals surface area contributed by atoms with Crippen molar-refractivity contribution in [1.82, 2.24) is 0 Å². The molecule has 98 valence electrons. The Morgan fingerprint density at radius 3 is 2.30 bits per heavy atom. The summed E-state index contributed by atoms with van der Waals surface area (Å²) < 4.78 is 0. The summed E-state index contributed by atoms with van der Waals surface area (Å²) in [5, 5.41) is 31.9. The molecule has 1 aromatic rings. The molecule has 1 rings (SSSR count). The quantitative estimate of drug-likeness (QED) is 0.829. The third-order valence-electron chi connectivity index (χ3n) is 2.13. The highest BCUT2D eigenvalue weighted by atomic mass is 35.5.